The Hall–Kier alpha value is -1.62. The number of nitrogens with one attached hydrogen (secondary N) is 1. The molecule has 5 heteroatoms. The van der Waals surface area contributed by atoms with Gasteiger partial charge in [0.1, 0.15) is 5.75 Å². The van der Waals surface area contributed by atoms with E-state index in [2.05, 4.69) is 10.3 Å². The van der Waals surface area contributed by atoms with E-state index in [0.29, 0.717) is 13.1 Å². The first-order valence-electron chi connectivity index (χ1n) is 6.17. The van der Waals surface area contributed by atoms with Gasteiger partial charge in [-0.25, -0.2) is 0 Å². The summed E-state index contributed by atoms with van der Waals surface area (Å²) in [6.07, 6.45) is 1.41. The van der Waals surface area contributed by atoms with Gasteiger partial charge in [-0.2, -0.15) is 0 Å². The molecule has 0 aliphatic heterocycles. The summed E-state index contributed by atoms with van der Waals surface area (Å²) in [7, 11) is 0. The fourth-order valence-electron chi connectivity index (χ4n) is 1.59. The highest BCUT2D eigenvalue weighted by Gasteiger charge is 2.10. The summed E-state index contributed by atoms with van der Waals surface area (Å²) < 4.78 is 0. The molecule has 0 aliphatic rings. The van der Waals surface area contributed by atoms with Gasteiger partial charge in [0, 0.05) is 12.6 Å². The smallest absolute Gasteiger partial charge is 0.234 e. The van der Waals surface area contributed by atoms with Crippen LogP contribution < -0.4 is 5.32 Å². The molecule has 0 bridgehead atoms. The third-order valence-electron chi connectivity index (χ3n) is 2.46. The van der Waals surface area contributed by atoms with Gasteiger partial charge in [0.2, 0.25) is 5.91 Å². The van der Waals surface area contributed by atoms with Crippen LogP contribution in [-0.4, -0.2) is 40.0 Å². The van der Waals surface area contributed by atoms with Crippen LogP contribution in [0, 0.1) is 0 Å². The van der Waals surface area contributed by atoms with Gasteiger partial charge in [-0.15, -0.1) is 0 Å². The highest BCUT2D eigenvalue weighted by atomic mass is 16.3. The number of hydrogen-bond donors (Lipinski definition) is 2. The zero-order valence-electron chi connectivity index (χ0n) is 11.2. The van der Waals surface area contributed by atoms with Crippen LogP contribution in [0.5, 0.6) is 5.75 Å². The second kappa shape index (κ2) is 6.96. The number of rotatable bonds is 6. The maximum Gasteiger partial charge on any atom is 0.234 e. The molecule has 0 unspecified atom stereocenters. The van der Waals surface area contributed by atoms with Gasteiger partial charge < -0.3 is 10.4 Å². The van der Waals surface area contributed by atoms with Crippen LogP contribution in [0.2, 0.25) is 0 Å². The van der Waals surface area contributed by atoms with Crippen molar-refractivity contribution >= 4 is 5.91 Å². The summed E-state index contributed by atoms with van der Waals surface area (Å²) in [5, 5.41) is 12.0. The van der Waals surface area contributed by atoms with Crippen LogP contribution >= 0.6 is 0 Å². The number of nitrogens with zero attached hydrogens (tertiary/aromatic N) is 2. The predicted octanol–water partition coefficient (Wildman–Crippen LogP) is 1.13. The van der Waals surface area contributed by atoms with Crippen LogP contribution in [0.15, 0.2) is 18.3 Å². The van der Waals surface area contributed by atoms with Gasteiger partial charge in [0.15, 0.2) is 0 Å². The second-order valence-electron chi connectivity index (χ2n) is 4.53. The minimum atomic E-state index is 0.0191. The maximum atomic E-state index is 11.7. The fraction of sp³-hybridized carbons (Fsp3) is 0.538. The van der Waals surface area contributed by atoms with E-state index in [9.17, 15) is 4.79 Å². The molecule has 0 radical (unpaired) electrons. The summed E-state index contributed by atoms with van der Waals surface area (Å²) in [6.45, 7) is 7.61. The van der Waals surface area contributed by atoms with E-state index in [-0.39, 0.29) is 17.7 Å². The molecular weight excluding hydrogens is 230 g/mol. The van der Waals surface area contributed by atoms with E-state index < -0.39 is 0 Å². The molecule has 18 heavy (non-hydrogen) atoms. The van der Waals surface area contributed by atoms with Crippen molar-refractivity contribution in [2.75, 3.05) is 13.1 Å². The first-order chi connectivity index (χ1) is 8.51. The maximum absolute atomic E-state index is 11.7. The molecule has 5 nitrogen and oxygen atoms in total. The van der Waals surface area contributed by atoms with E-state index in [1.165, 1.54) is 6.20 Å². The second-order valence-corrected chi connectivity index (χ2v) is 4.53. The summed E-state index contributed by atoms with van der Waals surface area (Å²) in [6, 6.07) is 3.52. The number of aromatic hydroxyl groups is 1. The molecule has 2 N–H and O–H groups in total. The lowest BCUT2D eigenvalue weighted by atomic mass is 10.3. The number of carbonyl (C=O) groups excluding carboxylic acids is 1. The molecule has 1 amide bonds. The van der Waals surface area contributed by atoms with Crippen molar-refractivity contribution in [3.8, 4) is 5.75 Å². The quantitative estimate of drug-likeness (QED) is 0.795. The van der Waals surface area contributed by atoms with Crippen LogP contribution in [0.25, 0.3) is 0 Å². The van der Waals surface area contributed by atoms with Crippen LogP contribution in [0.4, 0.5) is 0 Å². The SMILES string of the molecule is CCN(CC(=O)NC(C)C)Cc1ccc(O)cn1. The molecule has 100 valence electrons. The van der Waals surface area contributed by atoms with E-state index in [1.807, 2.05) is 25.7 Å². The van der Waals surface area contributed by atoms with Gasteiger partial charge in [0.05, 0.1) is 18.4 Å². The number of pyridine rings is 1. The van der Waals surface area contributed by atoms with Crippen molar-refractivity contribution in [2.45, 2.75) is 33.4 Å². The van der Waals surface area contributed by atoms with Crippen LogP contribution in [0.1, 0.15) is 26.5 Å². The van der Waals surface area contributed by atoms with E-state index in [1.54, 1.807) is 12.1 Å². The minimum absolute atomic E-state index is 0.0191. The molecule has 1 rings (SSSR count). The first kappa shape index (κ1) is 14.4. The lowest BCUT2D eigenvalue weighted by Crippen LogP contribution is -2.39. The topological polar surface area (TPSA) is 65.5 Å². The first-order valence-corrected chi connectivity index (χ1v) is 6.17. The summed E-state index contributed by atoms with van der Waals surface area (Å²) >= 11 is 0. The Balaban J connectivity index is 2.51. The lowest BCUT2D eigenvalue weighted by molar-refractivity contribution is -0.122. The molecule has 0 aliphatic carbocycles. The minimum Gasteiger partial charge on any atom is -0.506 e. The van der Waals surface area contributed by atoms with Gasteiger partial charge in [0.25, 0.3) is 0 Å². The Morgan fingerprint density at radius 1 is 1.50 bits per heavy atom. The average molecular weight is 251 g/mol. The third-order valence-corrected chi connectivity index (χ3v) is 2.46. The molecule has 0 fully saturated rings. The van der Waals surface area contributed by atoms with E-state index in [0.717, 1.165) is 12.2 Å². The van der Waals surface area contributed by atoms with Gasteiger partial charge in [-0.3, -0.25) is 14.7 Å². The third kappa shape index (κ3) is 5.14. The molecule has 0 saturated carbocycles. The lowest BCUT2D eigenvalue weighted by Gasteiger charge is -2.20. The Morgan fingerprint density at radius 3 is 2.72 bits per heavy atom. The number of aromatic nitrogens is 1. The Labute approximate surface area is 108 Å². The van der Waals surface area contributed by atoms with Crippen molar-refractivity contribution in [2.24, 2.45) is 0 Å². The molecule has 1 aromatic rings. The number of carbonyl (C=O) groups is 1. The predicted molar refractivity (Wildman–Crippen MR) is 70.1 cm³/mol. The number of hydrogen-bond acceptors (Lipinski definition) is 4. The fourth-order valence-corrected chi connectivity index (χ4v) is 1.59. The van der Waals surface area contributed by atoms with Crippen molar-refractivity contribution < 1.29 is 9.90 Å². The largest absolute Gasteiger partial charge is 0.506 e. The molecule has 1 heterocycles. The number of amides is 1. The highest BCUT2D eigenvalue weighted by Crippen LogP contribution is 2.07. The van der Waals surface area contributed by atoms with Gasteiger partial charge in [-0.05, 0) is 32.5 Å². The van der Waals surface area contributed by atoms with Crippen molar-refractivity contribution in [3.63, 3.8) is 0 Å². The van der Waals surface area contributed by atoms with E-state index >= 15 is 0 Å². The monoisotopic (exact) mass is 251 g/mol. The van der Waals surface area contributed by atoms with Crippen molar-refractivity contribution in [1.29, 1.82) is 0 Å². The van der Waals surface area contributed by atoms with Crippen LogP contribution in [0.3, 0.4) is 0 Å². The van der Waals surface area contributed by atoms with Crippen molar-refractivity contribution in [1.82, 2.24) is 15.2 Å². The summed E-state index contributed by atoms with van der Waals surface area (Å²) in [5.41, 5.74) is 0.840. The molecule has 0 aromatic carbocycles. The normalized spacial score (nSPS) is 10.9. The molecule has 1 aromatic heterocycles. The molecular formula is C13H21N3O2. The Bertz CT molecular complexity index is 376. The van der Waals surface area contributed by atoms with E-state index in [4.69, 9.17) is 5.11 Å². The van der Waals surface area contributed by atoms with Gasteiger partial charge in [-0.1, -0.05) is 6.92 Å². The van der Waals surface area contributed by atoms with Crippen LogP contribution in [-0.2, 0) is 11.3 Å². The number of likely N-dealkylation sites (N-methyl/N-ethyl adjacent to an activating group) is 1. The molecule has 0 saturated heterocycles. The summed E-state index contributed by atoms with van der Waals surface area (Å²) in [4.78, 5) is 17.8. The van der Waals surface area contributed by atoms with Gasteiger partial charge >= 0.3 is 0 Å². The molecule has 0 spiro atoms. The average Bonchev–Trinajstić information content (AvgIpc) is 2.30. The molecule has 0 atom stereocenters. The zero-order valence-corrected chi connectivity index (χ0v) is 11.2. The Kier molecular flexibility index (Phi) is 5.58. The van der Waals surface area contributed by atoms with Crippen molar-refractivity contribution in [3.05, 3.63) is 24.0 Å². The zero-order chi connectivity index (χ0) is 13.5. The highest BCUT2D eigenvalue weighted by molar-refractivity contribution is 5.78. The Morgan fingerprint density at radius 2 is 2.22 bits per heavy atom. The summed E-state index contributed by atoms with van der Waals surface area (Å²) in [5.74, 6) is 0.171. The standard InChI is InChI=1S/C13H21N3O2/c1-4-16(9-13(18)15-10(2)3)8-11-5-6-12(17)7-14-11/h5-7,10,17H,4,8-9H2,1-3H3,(H,15,18).